The number of nitrogens with two attached hydrogens (primary N) is 1. The molecule has 0 atom stereocenters. The van der Waals surface area contributed by atoms with Crippen LogP contribution in [0.25, 0.3) is 16.7 Å². The molecule has 0 aliphatic carbocycles. The third-order valence-electron chi connectivity index (χ3n) is 3.23. The van der Waals surface area contributed by atoms with Gasteiger partial charge in [-0.3, -0.25) is 4.57 Å². The number of benzene rings is 2. The summed E-state index contributed by atoms with van der Waals surface area (Å²) in [6.07, 6.45) is 0. The zero-order valence-electron chi connectivity index (χ0n) is 11.2. The first-order valence-electron chi connectivity index (χ1n) is 6.18. The maximum absolute atomic E-state index is 6.32. The van der Waals surface area contributed by atoms with Gasteiger partial charge in [0, 0.05) is 6.07 Å². The van der Waals surface area contributed by atoms with Crippen molar-refractivity contribution in [3.63, 3.8) is 0 Å². The number of ether oxygens (including phenoxy) is 1. The van der Waals surface area contributed by atoms with Crippen molar-refractivity contribution in [1.82, 2.24) is 9.55 Å². The van der Waals surface area contributed by atoms with Crippen LogP contribution in [0.15, 0.2) is 36.4 Å². The van der Waals surface area contributed by atoms with E-state index >= 15 is 0 Å². The van der Waals surface area contributed by atoms with E-state index in [-0.39, 0.29) is 0 Å². The molecule has 0 unspecified atom stereocenters. The second kappa shape index (κ2) is 4.72. The van der Waals surface area contributed by atoms with Crippen molar-refractivity contribution in [2.75, 3.05) is 12.8 Å². The molecular formula is C15H14ClN3O. The largest absolute Gasteiger partial charge is 0.497 e. The molecule has 0 aliphatic rings. The summed E-state index contributed by atoms with van der Waals surface area (Å²) in [7, 11) is 1.62. The lowest BCUT2D eigenvalue weighted by molar-refractivity contribution is 0.415. The van der Waals surface area contributed by atoms with Crippen molar-refractivity contribution in [3.8, 4) is 11.4 Å². The van der Waals surface area contributed by atoms with E-state index < -0.39 is 0 Å². The van der Waals surface area contributed by atoms with Gasteiger partial charge < -0.3 is 10.5 Å². The zero-order chi connectivity index (χ0) is 14.3. The minimum atomic E-state index is 0.402. The average Bonchev–Trinajstić information content (AvgIpc) is 2.74. The molecule has 4 nitrogen and oxygen atoms in total. The van der Waals surface area contributed by atoms with Crippen molar-refractivity contribution in [2.45, 2.75) is 6.92 Å². The predicted octanol–water partition coefficient (Wildman–Crippen LogP) is 3.58. The van der Waals surface area contributed by atoms with Gasteiger partial charge in [-0.25, -0.2) is 4.98 Å². The molecule has 2 N–H and O–H groups in total. The van der Waals surface area contributed by atoms with Crippen molar-refractivity contribution in [2.24, 2.45) is 0 Å². The van der Waals surface area contributed by atoms with Gasteiger partial charge in [-0.1, -0.05) is 17.7 Å². The fourth-order valence-electron chi connectivity index (χ4n) is 2.25. The zero-order valence-corrected chi connectivity index (χ0v) is 12.0. The van der Waals surface area contributed by atoms with E-state index in [1.807, 2.05) is 47.9 Å². The molecule has 20 heavy (non-hydrogen) atoms. The summed E-state index contributed by atoms with van der Waals surface area (Å²) >= 11 is 6.32. The number of fused-ring (bicyclic) bond motifs is 1. The van der Waals surface area contributed by atoms with Gasteiger partial charge >= 0.3 is 0 Å². The van der Waals surface area contributed by atoms with E-state index in [1.165, 1.54) is 0 Å². The highest BCUT2D eigenvalue weighted by Gasteiger charge is 2.13. The van der Waals surface area contributed by atoms with Crippen LogP contribution < -0.4 is 10.5 Å². The predicted molar refractivity (Wildman–Crippen MR) is 81.8 cm³/mol. The van der Waals surface area contributed by atoms with Gasteiger partial charge in [-0.15, -0.1) is 0 Å². The lowest BCUT2D eigenvalue weighted by Gasteiger charge is -2.09. The Morgan fingerprint density at radius 3 is 2.70 bits per heavy atom. The number of hydrogen-bond donors (Lipinski definition) is 1. The first-order valence-corrected chi connectivity index (χ1v) is 6.56. The first-order chi connectivity index (χ1) is 9.60. The van der Waals surface area contributed by atoms with Crippen LogP contribution in [-0.4, -0.2) is 16.7 Å². The SMILES string of the molecule is COc1ccc2c(c1)nc(N)n2-c1ccc(C)cc1Cl. The molecule has 0 saturated carbocycles. The fourth-order valence-corrected chi connectivity index (χ4v) is 2.57. The van der Waals surface area contributed by atoms with Crippen LogP contribution >= 0.6 is 11.6 Å². The molecule has 3 rings (SSSR count). The van der Waals surface area contributed by atoms with E-state index in [9.17, 15) is 0 Å². The van der Waals surface area contributed by atoms with Crippen molar-refractivity contribution >= 4 is 28.6 Å². The normalized spacial score (nSPS) is 10.9. The third kappa shape index (κ3) is 1.98. The van der Waals surface area contributed by atoms with Gasteiger partial charge in [0.2, 0.25) is 5.95 Å². The monoisotopic (exact) mass is 287 g/mol. The highest BCUT2D eigenvalue weighted by Crippen LogP contribution is 2.30. The average molecular weight is 288 g/mol. The van der Waals surface area contributed by atoms with Crippen LogP contribution in [0.1, 0.15) is 5.56 Å². The number of hydrogen-bond acceptors (Lipinski definition) is 3. The fraction of sp³-hybridized carbons (Fsp3) is 0.133. The molecule has 0 bridgehead atoms. The smallest absolute Gasteiger partial charge is 0.205 e. The Labute approximate surface area is 121 Å². The Bertz CT molecular complexity index is 795. The van der Waals surface area contributed by atoms with Crippen LogP contribution in [0.3, 0.4) is 0 Å². The summed E-state index contributed by atoms with van der Waals surface area (Å²) in [4.78, 5) is 4.36. The molecule has 1 aromatic heterocycles. The molecule has 0 amide bonds. The van der Waals surface area contributed by atoms with Gasteiger partial charge in [-0.05, 0) is 36.8 Å². The number of halogens is 1. The molecule has 0 spiro atoms. The van der Waals surface area contributed by atoms with Crippen molar-refractivity contribution in [1.29, 1.82) is 0 Å². The summed E-state index contributed by atoms with van der Waals surface area (Å²) in [5.41, 5.74) is 9.63. The number of nitrogens with zero attached hydrogens (tertiary/aromatic N) is 2. The summed E-state index contributed by atoms with van der Waals surface area (Å²) < 4.78 is 7.04. The standard InChI is InChI=1S/C15H14ClN3O/c1-9-3-5-13(11(16)7-9)19-14-6-4-10(20-2)8-12(14)18-15(19)17/h3-8H,1-2H3,(H2,17,18). The highest BCUT2D eigenvalue weighted by molar-refractivity contribution is 6.32. The highest BCUT2D eigenvalue weighted by atomic mass is 35.5. The topological polar surface area (TPSA) is 53.1 Å². The second-order valence-corrected chi connectivity index (χ2v) is 5.02. The number of methoxy groups -OCH3 is 1. The molecule has 0 fully saturated rings. The Kier molecular flexibility index (Phi) is 3.03. The van der Waals surface area contributed by atoms with Gasteiger partial charge in [-0.2, -0.15) is 0 Å². The minimum absolute atomic E-state index is 0.402. The van der Waals surface area contributed by atoms with Crippen molar-refractivity contribution < 1.29 is 4.74 Å². The van der Waals surface area contributed by atoms with Gasteiger partial charge in [0.25, 0.3) is 0 Å². The number of nitrogen functional groups attached to an aromatic ring is 1. The van der Waals surface area contributed by atoms with Gasteiger partial charge in [0.15, 0.2) is 0 Å². The Balaban J connectivity index is 2.27. The molecular weight excluding hydrogens is 274 g/mol. The summed E-state index contributed by atoms with van der Waals surface area (Å²) in [6.45, 7) is 2.00. The number of imidazole rings is 1. The molecule has 2 aromatic carbocycles. The summed E-state index contributed by atoms with van der Waals surface area (Å²) in [6, 6.07) is 11.5. The summed E-state index contributed by atoms with van der Waals surface area (Å²) in [5.74, 6) is 1.15. The Morgan fingerprint density at radius 1 is 1.20 bits per heavy atom. The third-order valence-corrected chi connectivity index (χ3v) is 3.53. The first kappa shape index (κ1) is 12.8. The lowest BCUT2D eigenvalue weighted by atomic mass is 10.2. The van der Waals surface area contributed by atoms with E-state index in [0.717, 1.165) is 28.0 Å². The van der Waals surface area contributed by atoms with Crippen LogP contribution in [-0.2, 0) is 0 Å². The van der Waals surface area contributed by atoms with E-state index in [0.29, 0.717) is 11.0 Å². The van der Waals surface area contributed by atoms with Crippen LogP contribution in [0.4, 0.5) is 5.95 Å². The number of aromatic nitrogens is 2. The lowest BCUT2D eigenvalue weighted by Crippen LogP contribution is -2.01. The molecule has 0 saturated heterocycles. The maximum Gasteiger partial charge on any atom is 0.205 e. The molecule has 5 heteroatoms. The van der Waals surface area contributed by atoms with Gasteiger partial charge in [0.1, 0.15) is 5.75 Å². The summed E-state index contributed by atoms with van der Waals surface area (Å²) in [5, 5.41) is 0.645. The molecule has 102 valence electrons. The van der Waals surface area contributed by atoms with Crippen molar-refractivity contribution in [3.05, 3.63) is 47.0 Å². The maximum atomic E-state index is 6.32. The van der Waals surface area contributed by atoms with E-state index in [4.69, 9.17) is 22.1 Å². The van der Waals surface area contributed by atoms with Gasteiger partial charge in [0.05, 0.1) is 28.9 Å². The number of aryl methyl sites for hydroxylation is 1. The van der Waals surface area contributed by atoms with Crippen LogP contribution in [0, 0.1) is 6.92 Å². The quantitative estimate of drug-likeness (QED) is 0.784. The number of anilines is 1. The number of rotatable bonds is 2. The van der Waals surface area contributed by atoms with E-state index in [2.05, 4.69) is 4.98 Å². The minimum Gasteiger partial charge on any atom is -0.497 e. The molecule has 3 aromatic rings. The van der Waals surface area contributed by atoms with Crippen LogP contribution in [0.5, 0.6) is 5.75 Å². The molecule has 1 heterocycles. The van der Waals surface area contributed by atoms with E-state index in [1.54, 1.807) is 7.11 Å². The Morgan fingerprint density at radius 2 is 2.00 bits per heavy atom. The Hall–Kier alpha value is -2.20. The molecule has 0 aliphatic heterocycles. The second-order valence-electron chi connectivity index (χ2n) is 4.61. The van der Waals surface area contributed by atoms with Crippen LogP contribution in [0.2, 0.25) is 5.02 Å². The molecule has 0 radical (unpaired) electrons.